The van der Waals surface area contributed by atoms with Crippen LogP contribution >= 0.6 is 0 Å². The smallest absolute Gasteiger partial charge is 0.203 e. The molecule has 1 fully saturated rings. The van der Waals surface area contributed by atoms with Gasteiger partial charge in [-0.3, -0.25) is 9.88 Å². The maximum absolute atomic E-state index is 5.46. The number of pyridine rings is 1. The molecule has 0 radical (unpaired) electrons. The van der Waals surface area contributed by atoms with Crippen LogP contribution in [-0.2, 0) is 6.54 Å². The summed E-state index contributed by atoms with van der Waals surface area (Å²) < 4.78 is 16.3. The largest absolute Gasteiger partial charge is 0.493 e. The summed E-state index contributed by atoms with van der Waals surface area (Å²) in [5.74, 6) is 2.72. The maximum atomic E-state index is 5.46. The van der Waals surface area contributed by atoms with Crippen molar-refractivity contribution in [2.75, 3.05) is 34.4 Å². The van der Waals surface area contributed by atoms with Gasteiger partial charge in [0.05, 0.1) is 27.0 Å². The molecule has 0 N–H and O–H groups in total. The lowest BCUT2D eigenvalue weighted by atomic mass is 9.99. The first-order valence-corrected chi connectivity index (χ1v) is 9.12. The Kier molecular flexibility index (Phi) is 5.99. The molecule has 1 aliphatic rings. The van der Waals surface area contributed by atoms with E-state index in [4.69, 9.17) is 14.2 Å². The number of ether oxygens (including phenoxy) is 3. The van der Waals surface area contributed by atoms with E-state index in [0.29, 0.717) is 17.2 Å². The van der Waals surface area contributed by atoms with Gasteiger partial charge in [-0.2, -0.15) is 0 Å². The molecule has 0 spiro atoms. The average Bonchev–Trinajstić information content (AvgIpc) is 2.68. The van der Waals surface area contributed by atoms with Crippen molar-refractivity contribution in [1.29, 1.82) is 0 Å². The first kappa shape index (κ1) is 18.5. The lowest BCUT2D eigenvalue weighted by molar-refractivity contribution is 0.185. The van der Waals surface area contributed by atoms with Gasteiger partial charge in [-0.25, -0.2) is 0 Å². The highest BCUT2D eigenvalue weighted by Crippen LogP contribution is 2.40. The number of methoxy groups -OCH3 is 3. The van der Waals surface area contributed by atoms with Crippen LogP contribution in [0.2, 0.25) is 0 Å². The standard InChI is InChI=1S/C21H28N2O3/c1-15-6-9-23(10-7-15)14-16-5-8-22-18(11-16)17-12-19(24-2)21(26-4)20(13-17)25-3/h5,8,11-13,15H,6-7,9-10,14H2,1-4H3. The van der Waals surface area contributed by atoms with Gasteiger partial charge in [0.15, 0.2) is 11.5 Å². The predicted molar refractivity (Wildman–Crippen MR) is 103 cm³/mol. The van der Waals surface area contributed by atoms with Gasteiger partial charge in [0.1, 0.15) is 0 Å². The van der Waals surface area contributed by atoms with Crippen LogP contribution in [0.4, 0.5) is 0 Å². The Hall–Kier alpha value is -2.27. The quantitative estimate of drug-likeness (QED) is 0.782. The molecule has 0 unspecified atom stereocenters. The number of benzene rings is 1. The van der Waals surface area contributed by atoms with Crippen molar-refractivity contribution in [3.05, 3.63) is 36.0 Å². The first-order chi connectivity index (χ1) is 12.6. The third-order valence-electron chi connectivity index (χ3n) is 5.07. The van der Waals surface area contributed by atoms with Crippen LogP contribution in [0.3, 0.4) is 0 Å². The minimum atomic E-state index is 0.595. The Morgan fingerprint density at radius 2 is 1.65 bits per heavy atom. The second-order valence-corrected chi connectivity index (χ2v) is 6.92. The molecule has 140 valence electrons. The minimum Gasteiger partial charge on any atom is -0.493 e. The molecule has 1 saturated heterocycles. The fourth-order valence-corrected chi connectivity index (χ4v) is 3.44. The molecule has 1 aromatic carbocycles. The van der Waals surface area contributed by atoms with Crippen LogP contribution in [0.5, 0.6) is 17.2 Å². The Morgan fingerprint density at radius 1 is 1.00 bits per heavy atom. The van der Waals surface area contributed by atoms with Crippen molar-refractivity contribution in [3.8, 4) is 28.5 Å². The predicted octanol–water partition coefficient (Wildman–Crippen LogP) is 4.01. The molecule has 26 heavy (non-hydrogen) atoms. The molecule has 3 rings (SSSR count). The Morgan fingerprint density at radius 3 is 2.23 bits per heavy atom. The zero-order valence-corrected chi connectivity index (χ0v) is 16.1. The van der Waals surface area contributed by atoms with E-state index in [1.807, 2.05) is 18.3 Å². The minimum absolute atomic E-state index is 0.595. The van der Waals surface area contributed by atoms with Gasteiger partial charge < -0.3 is 14.2 Å². The molecule has 0 bridgehead atoms. The van der Waals surface area contributed by atoms with Gasteiger partial charge in [0, 0.05) is 18.3 Å². The third kappa shape index (κ3) is 4.10. The molecule has 1 aromatic heterocycles. The van der Waals surface area contributed by atoms with E-state index in [0.717, 1.165) is 23.7 Å². The highest BCUT2D eigenvalue weighted by atomic mass is 16.5. The first-order valence-electron chi connectivity index (χ1n) is 9.12. The lowest BCUT2D eigenvalue weighted by Gasteiger charge is -2.30. The monoisotopic (exact) mass is 356 g/mol. The number of hydrogen-bond donors (Lipinski definition) is 0. The van der Waals surface area contributed by atoms with E-state index in [1.165, 1.54) is 31.5 Å². The molecule has 0 aliphatic carbocycles. The molecule has 0 saturated carbocycles. The summed E-state index contributed by atoms with van der Waals surface area (Å²) >= 11 is 0. The number of likely N-dealkylation sites (tertiary alicyclic amines) is 1. The zero-order valence-electron chi connectivity index (χ0n) is 16.1. The molecular weight excluding hydrogens is 328 g/mol. The average molecular weight is 356 g/mol. The number of rotatable bonds is 6. The molecule has 0 atom stereocenters. The van der Waals surface area contributed by atoms with Gasteiger partial charge in [-0.1, -0.05) is 6.92 Å². The highest BCUT2D eigenvalue weighted by molar-refractivity contribution is 5.69. The van der Waals surface area contributed by atoms with Crippen LogP contribution in [0, 0.1) is 5.92 Å². The van der Waals surface area contributed by atoms with E-state index in [1.54, 1.807) is 21.3 Å². The summed E-state index contributed by atoms with van der Waals surface area (Å²) in [7, 11) is 4.86. The molecule has 1 aliphatic heterocycles. The summed E-state index contributed by atoms with van der Waals surface area (Å²) in [5.41, 5.74) is 3.14. The summed E-state index contributed by atoms with van der Waals surface area (Å²) in [6.07, 6.45) is 4.44. The van der Waals surface area contributed by atoms with Gasteiger partial charge in [-0.15, -0.1) is 0 Å². The molecular formula is C21H28N2O3. The summed E-state index contributed by atoms with van der Waals surface area (Å²) in [5, 5.41) is 0. The van der Waals surface area contributed by atoms with Crippen molar-refractivity contribution < 1.29 is 14.2 Å². The van der Waals surface area contributed by atoms with Gasteiger partial charge in [-0.05, 0) is 61.7 Å². The number of piperidine rings is 1. The lowest BCUT2D eigenvalue weighted by Crippen LogP contribution is -2.32. The van der Waals surface area contributed by atoms with E-state index in [9.17, 15) is 0 Å². The fraction of sp³-hybridized carbons (Fsp3) is 0.476. The number of nitrogens with zero attached hydrogens (tertiary/aromatic N) is 2. The van der Waals surface area contributed by atoms with E-state index >= 15 is 0 Å². The normalized spacial score (nSPS) is 15.7. The number of hydrogen-bond acceptors (Lipinski definition) is 5. The second kappa shape index (κ2) is 8.41. The van der Waals surface area contributed by atoms with Crippen molar-refractivity contribution in [1.82, 2.24) is 9.88 Å². The molecule has 5 heteroatoms. The molecule has 5 nitrogen and oxygen atoms in total. The highest BCUT2D eigenvalue weighted by Gasteiger charge is 2.17. The topological polar surface area (TPSA) is 43.8 Å². The second-order valence-electron chi connectivity index (χ2n) is 6.92. The van der Waals surface area contributed by atoms with Crippen molar-refractivity contribution >= 4 is 0 Å². The van der Waals surface area contributed by atoms with Crippen molar-refractivity contribution in [2.24, 2.45) is 5.92 Å². The van der Waals surface area contributed by atoms with Gasteiger partial charge in [0.2, 0.25) is 5.75 Å². The van der Waals surface area contributed by atoms with Crippen LogP contribution in [-0.4, -0.2) is 44.3 Å². The maximum Gasteiger partial charge on any atom is 0.203 e. The molecule has 2 aromatic rings. The third-order valence-corrected chi connectivity index (χ3v) is 5.07. The van der Waals surface area contributed by atoms with Crippen molar-refractivity contribution in [3.63, 3.8) is 0 Å². The Labute approximate surface area is 155 Å². The Balaban J connectivity index is 1.85. The van der Waals surface area contributed by atoms with Crippen molar-refractivity contribution in [2.45, 2.75) is 26.3 Å². The zero-order chi connectivity index (χ0) is 18.5. The summed E-state index contributed by atoms with van der Waals surface area (Å²) in [4.78, 5) is 7.07. The van der Waals surface area contributed by atoms with Gasteiger partial charge >= 0.3 is 0 Å². The van der Waals surface area contributed by atoms with Crippen LogP contribution in [0.15, 0.2) is 30.5 Å². The van der Waals surface area contributed by atoms with E-state index in [-0.39, 0.29) is 0 Å². The summed E-state index contributed by atoms with van der Waals surface area (Å²) in [6, 6.07) is 8.13. The SMILES string of the molecule is COc1cc(-c2cc(CN3CCC(C)CC3)ccn2)cc(OC)c1OC. The fourth-order valence-electron chi connectivity index (χ4n) is 3.44. The van der Waals surface area contributed by atoms with Crippen LogP contribution < -0.4 is 14.2 Å². The van der Waals surface area contributed by atoms with Gasteiger partial charge in [0.25, 0.3) is 0 Å². The van der Waals surface area contributed by atoms with Crippen LogP contribution in [0.1, 0.15) is 25.3 Å². The molecule has 0 amide bonds. The number of aromatic nitrogens is 1. The van der Waals surface area contributed by atoms with Crippen LogP contribution in [0.25, 0.3) is 11.3 Å². The molecule has 2 heterocycles. The van der Waals surface area contributed by atoms with E-state index in [2.05, 4.69) is 28.9 Å². The van der Waals surface area contributed by atoms with E-state index < -0.39 is 0 Å². The Bertz CT molecular complexity index is 715. The summed E-state index contributed by atoms with van der Waals surface area (Å²) in [6.45, 7) is 5.64.